The third kappa shape index (κ3) is 8.34. The van der Waals surface area contributed by atoms with Gasteiger partial charge in [-0.15, -0.1) is 0 Å². The zero-order chi connectivity index (χ0) is 47.4. The van der Waals surface area contributed by atoms with E-state index in [0.29, 0.717) is 5.56 Å². The van der Waals surface area contributed by atoms with Crippen LogP contribution in [0.1, 0.15) is 79.8 Å². The predicted molar refractivity (Wildman–Crippen MR) is 232 cm³/mol. The van der Waals surface area contributed by atoms with Gasteiger partial charge in [-0.25, -0.2) is 14.4 Å². The fraction of sp³-hybridized carbons (Fsp3) is 0.447. The summed E-state index contributed by atoms with van der Waals surface area (Å²) in [6.07, 6.45) is -11.4. The van der Waals surface area contributed by atoms with Crippen molar-refractivity contribution in [3.63, 3.8) is 0 Å². The minimum Gasteiger partial charge on any atom is -0.456 e. The average Bonchev–Trinajstić information content (AvgIpc) is 3.26. The molecule has 0 unspecified atom stereocenters. The molecule has 1 amide bonds. The molecular weight excluding hydrogens is 909 g/mol. The highest BCUT2D eigenvalue weighted by atomic mass is 35.6. The molecule has 1 aliphatic heterocycles. The molecule has 0 radical (unpaired) electrons. The Morgan fingerprint density at radius 1 is 0.862 bits per heavy atom. The van der Waals surface area contributed by atoms with Crippen molar-refractivity contribution in [2.24, 2.45) is 16.7 Å². The Morgan fingerprint density at radius 2 is 1.43 bits per heavy atom. The third-order valence-electron chi connectivity index (χ3n) is 13.7. The van der Waals surface area contributed by atoms with Gasteiger partial charge in [0.25, 0.3) is 9.70 Å². The van der Waals surface area contributed by atoms with Gasteiger partial charge in [-0.05, 0) is 54.8 Å². The van der Waals surface area contributed by atoms with Crippen molar-refractivity contribution >= 4 is 70.4 Å². The number of carbonyl (C=O) groups excluding carboxylic acids is 6. The molecule has 15 nitrogen and oxygen atoms in total. The second-order valence-electron chi connectivity index (χ2n) is 17.6. The lowest BCUT2D eigenvalue weighted by Crippen LogP contribution is -2.82. The fourth-order valence-electron chi connectivity index (χ4n) is 10.1. The highest BCUT2D eigenvalue weighted by molar-refractivity contribution is 6.75. The Morgan fingerprint density at radius 3 is 1.97 bits per heavy atom. The number of fused-ring (bicyclic) bond motifs is 5. The van der Waals surface area contributed by atoms with Crippen molar-refractivity contribution in [1.82, 2.24) is 5.32 Å². The first-order chi connectivity index (χ1) is 30.5. The Bertz CT molecular complexity index is 2390. The van der Waals surface area contributed by atoms with E-state index in [1.807, 2.05) is 0 Å². The standard InChI is InChI=1S/C47H48Cl3NO14/c1-24-29(63-41(58)34(54)33(26-15-9-6-10-16-26)51-39(56)27-17-11-7-12-18-27)22-46(60)38(64-40(57)28-19-13-8-14-20-28)36-44(5,37(55)35(62-25(2)52)32(24)43(46,3)4)30(53)21-31-45(36,23-61-31)65-42(59)47(48,49)50/h6-20,29-31,33-36,38,53-54,60H,21-23H2,1-5H3,(H,51,56)/t29-,30-,31+,33-,34+,35+,36-,38-,44+,45-,46+/m0/s1. The predicted octanol–water partition coefficient (Wildman–Crippen LogP) is 5.09. The molecule has 3 aliphatic carbocycles. The first-order valence-corrected chi connectivity index (χ1v) is 21.9. The van der Waals surface area contributed by atoms with Crippen molar-refractivity contribution in [2.45, 2.75) is 105 Å². The molecule has 1 heterocycles. The van der Waals surface area contributed by atoms with Gasteiger partial charge < -0.3 is 44.3 Å². The zero-order valence-corrected chi connectivity index (χ0v) is 38.1. The molecule has 0 spiro atoms. The number of rotatable bonds is 10. The lowest BCUT2D eigenvalue weighted by molar-refractivity contribution is -0.346. The highest BCUT2D eigenvalue weighted by Gasteiger charge is 2.78. The van der Waals surface area contributed by atoms with Crippen LogP contribution in [0.15, 0.2) is 102 Å². The monoisotopic (exact) mass is 955 g/mol. The first kappa shape index (κ1) is 48.1. The van der Waals surface area contributed by atoms with Gasteiger partial charge in [-0.1, -0.05) is 115 Å². The van der Waals surface area contributed by atoms with Gasteiger partial charge in [-0.3, -0.25) is 14.4 Å². The van der Waals surface area contributed by atoms with E-state index in [1.54, 1.807) is 78.9 Å². The molecule has 0 aromatic heterocycles. The van der Waals surface area contributed by atoms with Crippen molar-refractivity contribution in [3.8, 4) is 0 Å². The second-order valence-corrected chi connectivity index (χ2v) is 19.9. The SMILES string of the molecule is CC(=O)O[C@H]1C(=O)[C@@]2(C)[C@H]([C@H](OC(=O)c3ccccc3)[C@]3(O)C[C@H](OC(=O)[C@H](O)[C@@H](NC(=O)c4ccccc4)c4ccccc4)C(C)=C1C3(C)C)[C@]1(OC(=O)C(Cl)(Cl)Cl)CO[C@@H]1C[C@@H]2O. The van der Waals surface area contributed by atoms with E-state index in [9.17, 15) is 39.3 Å². The minimum absolute atomic E-state index is 0.00486. The Balaban J connectivity index is 1.40. The van der Waals surface area contributed by atoms with E-state index in [-0.39, 0.29) is 28.7 Å². The van der Waals surface area contributed by atoms with Crippen LogP contribution in [0.4, 0.5) is 0 Å². The number of esters is 4. The summed E-state index contributed by atoms with van der Waals surface area (Å²) in [6, 6.07) is 22.5. The van der Waals surface area contributed by atoms with Crippen molar-refractivity contribution in [1.29, 1.82) is 0 Å². The molecule has 4 N–H and O–H groups in total. The molecule has 3 aromatic rings. The van der Waals surface area contributed by atoms with Crippen molar-refractivity contribution in [2.75, 3.05) is 6.61 Å². The normalized spacial score (nSPS) is 31.2. The van der Waals surface area contributed by atoms with E-state index in [1.165, 1.54) is 39.8 Å². The number of nitrogens with one attached hydrogen (secondary N) is 1. The number of Topliss-reactive ketones (excluding diaryl/α,β-unsaturated/α-hetero) is 1. The topological polar surface area (TPSA) is 221 Å². The maximum atomic E-state index is 15.6. The molecule has 4 aliphatic rings. The number of hydrogen-bond acceptors (Lipinski definition) is 14. The molecule has 11 atom stereocenters. The lowest BCUT2D eigenvalue weighted by atomic mass is 9.44. The Kier molecular flexibility index (Phi) is 13.1. The van der Waals surface area contributed by atoms with E-state index in [4.69, 9.17) is 58.5 Å². The van der Waals surface area contributed by atoms with Crippen LogP contribution in [0.2, 0.25) is 0 Å². The highest BCUT2D eigenvalue weighted by Crippen LogP contribution is 2.64. The van der Waals surface area contributed by atoms with Gasteiger partial charge >= 0.3 is 23.9 Å². The Hall–Kier alpha value is -4.87. The van der Waals surface area contributed by atoms with E-state index in [0.717, 1.165) is 6.92 Å². The van der Waals surface area contributed by atoms with Gasteiger partial charge in [-0.2, -0.15) is 0 Å². The van der Waals surface area contributed by atoms with Gasteiger partial charge in [0.05, 0.1) is 35.6 Å². The van der Waals surface area contributed by atoms with E-state index in [2.05, 4.69) is 5.32 Å². The van der Waals surface area contributed by atoms with Gasteiger partial charge in [0.15, 0.2) is 23.6 Å². The van der Waals surface area contributed by atoms with Crippen LogP contribution in [0.3, 0.4) is 0 Å². The van der Waals surface area contributed by atoms with Gasteiger partial charge in [0, 0.05) is 30.7 Å². The third-order valence-corrected chi connectivity index (χ3v) is 14.1. The van der Waals surface area contributed by atoms with Crippen LogP contribution >= 0.6 is 34.8 Å². The number of benzene rings is 3. The Labute approximate surface area is 389 Å². The quantitative estimate of drug-likeness (QED) is 0.0901. The maximum absolute atomic E-state index is 15.6. The number of carbonyl (C=O) groups is 6. The van der Waals surface area contributed by atoms with Gasteiger partial charge in [0.2, 0.25) is 0 Å². The lowest BCUT2D eigenvalue weighted by Gasteiger charge is -2.67. The smallest absolute Gasteiger partial charge is 0.359 e. The summed E-state index contributed by atoms with van der Waals surface area (Å²) in [5.41, 5.74) is -7.92. The second kappa shape index (κ2) is 17.7. The van der Waals surface area contributed by atoms with E-state index >= 15 is 4.79 Å². The van der Waals surface area contributed by atoms with Crippen molar-refractivity contribution in [3.05, 3.63) is 119 Å². The molecule has 2 bridgehead atoms. The number of hydrogen-bond donors (Lipinski definition) is 4. The number of alkyl halides is 3. The van der Waals surface area contributed by atoms with Crippen LogP contribution in [-0.2, 0) is 42.9 Å². The van der Waals surface area contributed by atoms with Gasteiger partial charge in [0.1, 0.15) is 23.9 Å². The van der Waals surface area contributed by atoms with E-state index < -0.39 is 123 Å². The summed E-state index contributed by atoms with van der Waals surface area (Å²) in [4.78, 5) is 84.4. The summed E-state index contributed by atoms with van der Waals surface area (Å²) < 4.78 is 27.5. The first-order valence-electron chi connectivity index (χ1n) is 20.8. The van der Waals surface area contributed by atoms with Crippen LogP contribution in [-0.4, -0.2) is 109 Å². The molecule has 2 saturated carbocycles. The summed E-state index contributed by atoms with van der Waals surface area (Å²) in [5.74, 6) is -7.97. The number of halogens is 3. The zero-order valence-electron chi connectivity index (χ0n) is 35.9. The summed E-state index contributed by atoms with van der Waals surface area (Å²) in [6.45, 7) is 6.37. The molecule has 346 valence electrons. The summed E-state index contributed by atoms with van der Waals surface area (Å²) >= 11 is 18.1. The maximum Gasteiger partial charge on any atom is 0.359 e. The fourth-order valence-corrected chi connectivity index (χ4v) is 10.3. The number of aliphatic hydroxyl groups excluding tert-OH is 2. The molecular formula is C47H48Cl3NO14. The number of ether oxygens (including phenoxy) is 5. The van der Waals surface area contributed by atoms with Crippen LogP contribution < -0.4 is 5.32 Å². The molecule has 18 heteroatoms. The molecule has 65 heavy (non-hydrogen) atoms. The minimum atomic E-state index is -2.68. The summed E-state index contributed by atoms with van der Waals surface area (Å²) in [5, 5.41) is 40.4. The molecule has 3 aromatic carbocycles. The van der Waals surface area contributed by atoms with Crippen molar-refractivity contribution < 1.29 is 67.8 Å². The summed E-state index contributed by atoms with van der Waals surface area (Å²) in [7, 11) is 0. The van der Waals surface area contributed by atoms with Crippen LogP contribution in [0.25, 0.3) is 0 Å². The largest absolute Gasteiger partial charge is 0.456 e. The van der Waals surface area contributed by atoms with Crippen LogP contribution in [0.5, 0.6) is 0 Å². The molecule has 3 fully saturated rings. The molecule has 1 saturated heterocycles. The number of aliphatic hydroxyl groups is 3. The number of amides is 1. The average molecular weight is 957 g/mol. The number of ketones is 1. The molecule has 7 rings (SSSR count). The van der Waals surface area contributed by atoms with Crippen LogP contribution in [0, 0.1) is 16.7 Å².